The van der Waals surface area contributed by atoms with Gasteiger partial charge in [-0.05, 0) is 55.9 Å². The highest BCUT2D eigenvalue weighted by Gasteiger charge is 2.06. The Morgan fingerprint density at radius 2 is 2.00 bits per heavy atom. The molecule has 0 unspecified atom stereocenters. The standard InChI is InChI=1S/C15H22O/c1-5-7-8-14-9-10-15(16-11-6-2)13(4)12(14)3/h5,9-10H,1,6-8,11H2,2-4H3. The van der Waals surface area contributed by atoms with Gasteiger partial charge in [-0.15, -0.1) is 6.58 Å². The van der Waals surface area contributed by atoms with Crippen LogP contribution in [0.25, 0.3) is 0 Å². The zero-order chi connectivity index (χ0) is 12.0. The Balaban J connectivity index is 2.84. The van der Waals surface area contributed by atoms with E-state index in [0.29, 0.717) is 0 Å². The zero-order valence-corrected chi connectivity index (χ0v) is 10.7. The molecule has 0 amide bonds. The fourth-order valence-electron chi connectivity index (χ4n) is 1.75. The Morgan fingerprint density at radius 1 is 1.25 bits per heavy atom. The molecule has 1 aromatic carbocycles. The summed E-state index contributed by atoms with van der Waals surface area (Å²) < 4.78 is 5.71. The van der Waals surface area contributed by atoms with Gasteiger partial charge in [-0.3, -0.25) is 0 Å². The van der Waals surface area contributed by atoms with Crippen LogP contribution >= 0.6 is 0 Å². The summed E-state index contributed by atoms with van der Waals surface area (Å²) in [5.41, 5.74) is 4.03. The number of ether oxygens (including phenoxy) is 1. The van der Waals surface area contributed by atoms with E-state index in [1.807, 2.05) is 6.08 Å². The maximum Gasteiger partial charge on any atom is 0.122 e. The number of benzene rings is 1. The van der Waals surface area contributed by atoms with E-state index in [0.717, 1.165) is 31.6 Å². The Kier molecular flexibility index (Phi) is 5.10. The predicted molar refractivity (Wildman–Crippen MR) is 70.2 cm³/mol. The topological polar surface area (TPSA) is 9.23 Å². The van der Waals surface area contributed by atoms with Crippen LogP contribution in [0.4, 0.5) is 0 Å². The molecule has 16 heavy (non-hydrogen) atoms. The van der Waals surface area contributed by atoms with Crippen molar-refractivity contribution in [2.75, 3.05) is 6.61 Å². The number of aryl methyl sites for hydroxylation is 1. The van der Waals surface area contributed by atoms with E-state index in [1.165, 1.54) is 16.7 Å². The van der Waals surface area contributed by atoms with Gasteiger partial charge in [-0.25, -0.2) is 0 Å². The molecule has 0 heterocycles. The van der Waals surface area contributed by atoms with Gasteiger partial charge in [0.2, 0.25) is 0 Å². The van der Waals surface area contributed by atoms with Crippen molar-refractivity contribution in [3.05, 3.63) is 41.5 Å². The van der Waals surface area contributed by atoms with Crippen LogP contribution < -0.4 is 4.74 Å². The summed E-state index contributed by atoms with van der Waals surface area (Å²) in [5, 5.41) is 0. The van der Waals surface area contributed by atoms with Gasteiger partial charge in [0.1, 0.15) is 5.75 Å². The molecule has 0 bridgehead atoms. The molecule has 0 radical (unpaired) electrons. The van der Waals surface area contributed by atoms with Gasteiger partial charge in [0.05, 0.1) is 6.61 Å². The smallest absolute Gasteiger partial charge is 0.122 e. The third-order valence-electron chi connectivity index (χ3n) is 2.93. The first-order chi connectivity index (χ1) is 7.70. The fourth-order valence-corrected chi connectivity index (χ4v) is 1.75. The van der Waals surface area contributed by atoms with Crippen molar-refractivity contribution in [2.45, 2.75) is 40.0 Å². The zero-order valence-electron chi connectivity index (χ0n) is 10.7. The summed E-state index contributed by atoms with van der Waals surface area (Å²) in [6.45, 7) is 11.0. The second-order valence-electron chi connectivity index (χ2n) is 4.15. The van der Waals surface area contributed by atoms with Crippen LogP contribution in [0, 0.1) is 13.8 Å². The highest BCUT2D eigenvalue weighted by molar-refractivity contribution is 5.43. The lowest BCUT2D eigenvalue weighted by molar-refractivity contribution is 0.315. The SMILES string of the molecule is C=CCCc1ccc(OCCC)c(C)c1C. The molecule has 0 N–H and O–H groups in total. The molecule has 0 atom stereocenters. The molecule has 0 aliphatic rings. The van der Waals surface area contributed by atoms with Crippen molar-refractivity contribution in [1.29, 1.82) is 0 Å². The first-order valence-corrected chi connectivity index (χ1v) is 6.03. The molecular weight excluding hydrogens is 196 g/mol. The van der Waals surface area contributed by atoms with Crippen molar-refractivity contribution in [1.82, 2.24) is 0 Å². The number of rotatable bonds is 6. The van der Waals surface area contributed by atoms with E-state index < -0.39 is 0 Å². The first-order valence-electron chi connectivity index (χ1n) is 6.03. The molecule has 88 valence electrons. The van der Waals surface area contributed by atoms with E-state index in [2.05, 4.69) is 39.5 Å². The van der Waals surface area contributed by atoms with Crippen LogP contribution in [0.15, 0.2) is 24.8 Å². The molecule has 1 heteroatoms. The van der Waals surface area contributed by atoms with Gasteiger partial charge in [-0.2, -0.15) is 0 Å². The van der Waals surface area contributed by atoms with E-state index >= 15 is 0 Å². The van der Waals surface area contributed by atoms with Gasteiger partial charge in [-0.1, -0.05) is 19.1 Å². The molecule has 0 aliphatic heterocycles. The second-order valence-corrected chi connectivity index (χ2v) is 4.15. The first kappa shape index (κ1) is 12.8. The Morgan fingerprint density at radius 3 is 2.62 bits per heavy atom. The Hall–Kier alpha value is -1.24. The van der Waals surface area contributed by atoms with Crippen LogP contribution in [0.3, 0.4) is 0 Å². The fraction of sp³-hybridized carbons (Fsp3) is 0.467. The van der Waals surface area contributed by atoms with Crippen molar-refractivity contribution >= 4 is 0 Å². The van der Waals surface area contributed by atoms with Gasteiger partial charge in [0, 0.05) is 0 Å². The van der Waals surface area contributed by atoms with Gasteiger partial charge < -0.3 is 4.74 Å². The minimum atomic E-state index is 0.798. The third-order valence-corrected chi connectivity index (χ3v) is 2.93. The lowest BCUT2D eigenvalue weighted by Gasteiger charge is -2.13. The van der Waals surface area contributed by atoms with Gasteiger partial charge in [0.25, 0.3) is 0 Å². The lowest BCUT2D eigenvalue weighted by Crippen LogP contribution is -2.00. The van der Waals surface area contributed by atoms with E-state index in [4.69, 9.17) is 4.74 Å². The van der Waals surface area contributed by atoms with Crippen LogP contribution in [0.2, 0.25) is 0 Å². The van der Waals surface area contributed by atoms with Gasteiger partial charge in [0.15, 0.2) is 0 Å². The molecule has 1 aromatic rings. The lowest BCUT2D eigenvalue weighted by atomic mass is 9.99. The third kappa shape index (κ3) is 3.13. The molecule has 0 saturated heterocycles. The largest absolute Gasteiger partial charge is 0.493 e. The molecule has 1 rings (SSSR count). The highest BCUT2D eigenvalue weighted by Crippen LogP contribution is 2.25. The Labute approximate surface area is 99.1 Å². The summed E-state index contributed by atoms with van der Waals surface area (Å²) in [7, 11) is 0. The molecule has 0 aliphatic carbocycles. The minimum absolute atomic E-state index is 0.798. The van der Waals surface area contributed by atoms with E-state index in [-0.39, 0.29) is 0 Å². The monoisotopic (exact) mass is 218 g/mol. The summed E-state index contributed by atoms with van der Waals surface area (Å²) in [6.07, 6.45) is 5.13. The molecule has 0 aromatic heterocycles. The summed E-state index contributed by atoms with van der Waals surface area (Å²) in [5.74, 6) is 1.03. The average molecular weight is 218 g/mol. The molecule has 1 nitrogen and oxygen atoms in total. The maximum absolute atomic E-state index is 5.71. The number of hydrogen-bond donors (Lipinski definition) is 0. The number of allylic oxidation sites excluding steroid dienone is 1. The number of hydrogen-bond acceptors (Lipinski definition) is 1. The molecular formula is C15H22O. The van der Waals surface area contributed by atoms with Crippen molar-refractivity contribution < 1.29 is 4.74 Å². The maximum atomic E-state index is 5.71. The van der Waals surface area contributed by atoms with Crippen LogP contribution in [-0.2, 0) is 6.42 Å². The molecule has 0 fully saturated rings. The normalized spacial score (nSPS) is 10.2. The Bertz CT molecular complexity index is 353. The van der Waals surface area contributed by atoms with Crippen LogP contribution in [0.5, 0.6) is 5.75 Å². The van der Waals surface area contributed by atoms with Crippen LogP contribution in [0.1, 0.15) is 36.5 Å². The average Bonchev–Trinajstić information content (AvgIpc) is 2.30. The second kappa shape index (κ2) is 6.37. The van der Waals surface area contributed by atoms with Crippen molar-refractivity contribution in [3.63, 3.8) is 0 Å². The highest BCUT2D eigenvalue weighted by atomic mass is 16.5. The van der Waals surface area contributed by atoms with Gasteiger partial charge >= 0.3 is 0 Å². The van der Waals surface area contributed by atoms with Crippen molar-refractivity contribution in [3.8, 4) is 5.75 Å². The molecule has 0 spiro atoms. The predicted octanol–water partition coefficient (Wildman–Crippen LogP) is 4.21. The van der Waals surface area contributed by atoms with E-state index in [1.54, 1.807) is 0 Å². The van der Waals surface area contributed by atoms with E-state index in [9.17, 15) is 0 Å². The summed E-state index contributed by atoms with van der Waals surface area (Å²) >= 11 is 0. The van der Waals surface area contributed by atoms with Crippen LogP contribution in [-0.4, -0.2) is 6.61 Å². The minimum Gasteiger partial charge on any atom is -0.493 e. The van der Waals surface area contributed by atoms with Crippen molar-refractivity contribution in [2.24, 2.45) is 0 Å². The summed E-state index contributed by atoms with van der Waals surface area (Å²) in [4.78, 5) is 0. The molecule has 0 saturated carbocycles. The quantitative estimate of drug-likeness (QED) is 0.650. The summed E-state index contributed by atoms with van der Waals surface area (Å²) in [6, 6.07) is 4.27.